The molecule has 0 aliphatic heterocycles. The van der Waals surface area contributed by atoms with Crippen LogP contribution in [-0.2, 0) is 0 Å². The van der Waals surface area contributed by atoms with Gasteiger partial charge in [0.05, 0.1) is 0 Å². The molecule has 0 aromatic rings. The van der Waals surface area contributed by atoms with Crippen molar-refractivity contribution >= 4 is 0 Å². The fraction of sp³-hybridized carbons (Fsp3) is 1.00. The van der Waals surface area contributed by atoms with E-state index < -0.39 is 29.1 Å². The highest BCUT2D eigenvalue weighted by molar-refractivity contribution is 5.22. The summed E-state index contributed by atoms with van der Waals surface area (Å²) in [5.41, 5.74) is -5.28. The van der Waals surface area contributed by atoms with Gasteiger partial charge < -0.3 is 0 Å². The normalized spacial score (nSPS) is 30.2. The second-order valence-electron chi connectivity index (χ2n) is 4.25. The molecule has 0 aromatic carbocycles. The van der Waals surface area contributed by atoms with Crippen molar-refractivity contribution in [3.63, 3.8) is 0 Å². The average Bonchev–Trinajstić information content (AvgIpc) is 2.23. The van der Waals surface area contributed by atoms with Crippen LogP contribution < -0.4 is 0 Å². The van der Waals surface area contributed by atoms with Gasteiger partial charge in [0.15, 0.2) is 5.41 Å². The summed E-state index contributed by atoms with van der Waals surface area (Å²) in [6.07, 6.45) is -10.5. The maximum atomic E-state index is 12.4. The Morgan fingerprint density at radius 1 is 0.857 bits per heavy atom. The molecule has 0 amide bonds. The maximum Gasteiger partial charge on any atom is 0.403 e. The van der Waals surface area contributed by atoms with Crippen LogP contribution in [-0.4, -0.2) is 12.4 Å². The quantitative estimate of drug-likeness (QED) is 0.545. The number of rotatable bonds is 0. The van der Waals surface area contributed by atoms with Crippen molar-refractivity contribution in [2.45, 2.75) is 33.1 Å². The summed E-state index contributed by atoms with van der Waals surface area (Å²) in [6.45, 7) is 2.98. The van der Waals surface area contributed by atoms with Gasteiger partial charge in [-0.3, -0.25) is 0 Å². The number of hydrogen-bond donors (Lipinski definition) is 0. The standard InChI is InChI=1S/C8H10F6/c1-4-5(2,3)6(4,7(9,10)11)8(12,13)14/h4H,1-3H3. The fourth-order valence-corrected chi connectivity index (χ4v) is 2.40. The van der Waals surface area contributed by atoms with Crippen LogP contribution in [0.2, 0.25) is 0 Å². The summed E-state index contributed by atoms with van der Waals surface area (Å²) in [6, 6.07) is 0. The molecular formula is C8H10F6. The van der Waals surface area contributed by atoms with E-state index in [-0.39, 0.29) is 0 Å². The van der Waals surface area contributed by atoms with Crippen LogP contribution in [0.5, 0.6) is 0 Å². The fourth-order valence-electron chi connectivity index (χ4n) is 2.40. The molecule has 14 heavy (non-hydrogen) atoms. The Morgan fingerprint density at radius 2 is 1.07 bits per heavy atom. The first-order valence-electron chi connectivity index (χ1n) is 4.04. The SMILES string of the molecule is CC1C(C)(C)C1(C(F)(F)F)C(F)(F)F. The van der Waals surface area contributed by atoms with Gasteiger partial charge in [0, 0.05) is 0 Å². The molecule has 84 valence electrons. The first-order valence-corrected chi connectivity index (χ1v) is 4.04. The van der Waals surface area contributed by atoms with Crippen molar-refractivity contribution in [3.8, 4) is 0 Å². The number of alkyl halides is 6. The lowest BCUT2D eigenvalue weighted by atomic mass is 9.94. The van der Waals surface area contributed by atoms with Gasteiger partial charge in [-0.1, -0.05) is 20.8 Å². The first kappa shape index (κ1) is 11.7. The van der Waals surface area contributed by atoms with E-state index >= 15 is 0 Å². The van der Waals surface area contributed by atoms with Crippen LogP contribution in [0.1, 0.15) is 20.8 Å². The molecule has 1 aliphatic carbocycles. The van der Waals surface area contributed by atoms with Crippen molar-refractivity contribution in [2.24, 2.45) is 16.7 Å². The lowest BCUT2D eigenvalue weighted by Gasteiger charge is -2.26. The molecule has 1 saturated carbocycles. The molecule has 0 bridgehead atoms. The van der Waals surface area contributed by atoms with Crippen LogP contribution in [0, 0.1) is 16.7 Å². The minimum absolute atomic E-state index is 0.987. The van der Waals surface area contributed by atoms with Gasteiger partial charge in [0.25, 0.3) is 0 Å². The highest BCUT2D eigenvalue weighted by atomic mass is 19.4. The Balaban J connectivity index is 3.25. The summed E-state index contributed by atoms with van der Waals surface area (Å²) in [4.78, 5) is 0. The molecule has 0 nitrogen and oxygen atoms in total. The molecule has 0 radical (unpaired) electrons. The van der Waals surface area contributed by atoms with Gasteiger partial charge in [-0.2, -0.15) is 26.3 Å². The molecule has 0 heterocycles. The van der Waals surface area contributed by atoms with Gasteiger partial charge in [-0.15, -0.1) is 0 Å². The summed E-state index contributed by atoms with van der Waals surface area (Å²) in [5, 5.41) is 0. The zero-order valence-electron chi connectivity index (χ0n) is 7.85. The topological polar surface area (TPSA) is 0 Å². The van der Waals surface area contributed by atoms with Crippen molar-refractivity contribution in [3.05, 3.63) is 0 Å². The minimum atomic E-state index is -5.23. The third-order valence-corrected chi connectivity index (χ3v) is 3.56. The number of halogens is 6. The van der Waals surface area contributed by atoms with E-state index in [1.54, 1.807) is 0 Å². The van der Waals surface area contributed by atoms with Gasteiger partial charge in [0.2, 0.25) is 0 Å². The Morgan fingerprint density at radius 3 is 1.07 bits per heavy atom. The monoisotopic (exact) mass is 220 g/mol. The smallest absolute Gasteiger partial charge is 0.170 e. The van der Waals surface area contributed by atoms with E-state index in [4.69, 9.17) is 0 Å². The second-order valence-corrected chi connectivity index (χ2v) is 4.25. The summed E-state index contributed by atoms with van der Waals surface area (Å²) >= 11 is 0. The molecule has 1 unspecified atom stereocenters. The van der Waals surface area contributed by atoms with Gasteiger partial charge in [-0.05, 0) is 11.3 Å². The molecule has 0 saturated heterocycles. The molecule has 0 aromatic heterocycles. The van der Waals surface area contributed by atoms with Crippen LogP contribution in [0.3, 0.4) is 0 Å². The third kappa shape index (κ3) is 0.969. The molecule has 6 heteroatoms. The molecule has 0 N–H and O–H groups in total. The molecule has 0 spiro atoms. The van der Waals surface area contributed by atoms with Crippen LogP contribution in [0.15, 0.2) is 0 Å². The van der Waals surface area contributed by atoms with Crippen molar-refractivity contribution < 1.29 is 26.3 Å². The largest absolute Gasteiger partial charge is 0.403 e. The average molecular weight is 220 g/mol. The van der Waals surface area contributed by atoms with Crippen molar-refractivity contribution in [1.82, 2.24) is 0 Å². The van der Waals surface area contributed by atoms with Gasteiger partial charge in [-0.25, -0.2) is 0 Å². The molecule has 1 rings (SSSR count). The van der Waals surface area contributed by atoms with E-state index in [0.717, 1.165) is 20.8 Å². The Kier molecular flexibility index (Phi) is 1.99. The highest BCUT2D eigenvalue weighted by Gasteiger charge is 2.91. The lowest BCUT2D eigenvalue weighted by Crippen LogP contribution is -2.43. The van der Waals surface area contributed by atoms with E-state index in [1.807, 2.05) is 0 Å². The predicted molar refractivity (Wildman–Crippen MR) is 37.5 cm³/mol. The maximum absolute atomic E-state index is 12.4. The molecule has 1 fully saturated rings. The van der Waals surface area contributed by atoms with Crippen molar-refractivity contribution in [2.75, 3.05) is 0 Å². The van der Waals surface area contributed by atoms with Crippen LogP contribution in [0.25, 0.3) is 0 Å². The first-order chi connectivity index (χ1) is 5.90. The number of hydrogen-bond acceptors (Lipinski definition) is 0. The Labute approximate surface area is 77.3 Å². The molecular weight excluding hydrogens is 210 g/mol. The predicted octanol–water partition coefficient (Wildman–Crippen LogP) is 3.77. The lowest BCUT2D eigenvalue weighted by molar-refractivity contribution is -0.314. The summed E-state index contributed by atoms with van der Waals surface area (Å²) < 4.78 is 74.5. The Bertz CT molecular complexity index is 215. The van der Waals surface area contributed by atoms with Crippen LogP contribution >= 0.6 is 0 Å². The third-order valence-electron chi connectivity index (χ3n) is 3.56. The summed E-state index contributed by atoms with van der Waals surface area (Å²) in [7, 11) is 0. The van der Waals surface area contributed by atoms with E-state index in [1.165, 1.54) is 0 Å². The second kappa shape index (κ2) is 2.39. The molecule has 1 atom stereocenters. The van der Waals surface area contributed by atoms with E-state index in [9.17, 15) is 26.3 Å². The van der Waals surface area contributed by atoms with Crippen molar-refractivity contribution in [1.29, 1.82) is 0 Å². The van der Waals surface area contributed by atoms with E-state index in [0.29, 0.717) is 0 Å². The zero-order valence-corrected chi connectivity index (χ0v) is 7.85. The van der Waals surface area contributed by atoms with Crippen LogP contribution in [0.4, 0.5) is 26.3 Å². The molecule has 1 aliphatic rings. The zero-order chi connectivity index (χ0) is 11.6. The summed E-state index contributed by atoms with van der Waals surface area (Å²) in [5.74, 6) is -1.42. The van der Waals surface area contributed by atoms with Gasteiger partial charge >= 0.3 is 12.4 Å². The highest BCUT2D eigenvalue weighted by Crippen LogP contribution is 2.80. The Hall–Kier alpha value is -0.420. The minimum Gasteiger partial charge on any atom is -0.170 e. The van der Waals surface area contributed by atoms with E-state index in [2.05, 4.69) is 0 Å². The van der Waals surface area contributed by atoms with Gasteiger partial charge in [0.1, 0.15) is 0 Å².